The SMILES string of the molecule is COc1cccc([C@H]2NCCNC2=O)c1. The Hall–Kier alpha value is -1.55. The van der Waals surface area contributed by atoms with Gasteiger partial charge < -0.3 is 15.4 Å². The lowest BCUT2D eigenvalue weighted by molar-refractivity contribution is -0.124. The van der Waals surface area contributed by atoms with Crippen LogP contribution in [0.4, 0.5) is 0 Å². The van der Waals surface area contributed by atoms with Crippen molar-refractivity contribution in [2.75, 3.05) is 20.2 Å². The van der Waals surface area contributed by atoms with E-state index < -0.39 is 0 Å². The molecule has 0 aliphatic carbocycles. The largest absolute Gasteiger partial charge is 0.497 e. The number of ether oxygens (including phenoxy) is 1. The quantitative estimate of drug-likeness (QED) is 0.739. The first kappa shape index (κ1) is 9.98. The molecule has 2 rings (SSSR count). The molecule has 15 heavy (non-hydrogen) atoms. The zero-order valence-corrected chi connectivity index (χ0v) is 8.62. The third kappa shape index (κ3) is 2.10. The molecule has 0 unspecified atom stereocenters. The second kappa shape index (κ2) is 4.31. The van der Waals surface area contributed by atoms with E-state index in [-0.39, 0.29) is 11.9 Å². The van der Waals surface area contributed by atoms with Crippen molar-refractivity contribution in [1.82, 2.24) is 10.6 Å². The van der Waals surface area contributed by atoms with Crippen LogP contribution < -0.4 is 15.4 Å². The van der Waals surface area contributed by atoms with Crippen molar-refractivity contribution in [3.63, 3.8) is 0 Å². The summed E-state index contributed by atoms with van der Waals surface area (Å²) in [5.74, 6) is 0.794. The summed E-state index contributed by atoms with van der Waals surface area (Å²) in [5.41, 5.74) is 0.937. The van der Waals surface area contributed by atoms with Crippen LogP contribution in [0.25, 0.3) is 0 Å². The monoisotopic (exact) mass is 206 g/mol. The van der Waals surface area contributed by atoms with Gasteiger partial charge in [0.15, 0.2) is 0 Å². The minimum Gasteiger partial charge on any atom is -0.497 e. The highest BCUT2D eigenvalue weighted by atomic mass is 16.5. The third-order valence-corrected chi connectivity index (χ3v) is 2.46. The maximum Gasteiger partial charge on any atom is 0.241 e. The Morgan fingerprint density at radius 1 is 1.40 bits per heavy atom. The topological polar surface area (TPSA) is 50.4 Å². The highest BCUT2D eigenvalue weighted by molar-refractivity contribution is 5.84. The molecule has 0 radical (unpaired) electrons. The summed E-state index contributed by atoms with van der Waals surface area (Å²) in [4.78, 5) is 11.6. The maximum atomic E-state index is 11.6. The van der Waals surface area contributed by atoms with Crippen molar-refractivity contribution in [1.29, 1.82) is 0 Å². The van der Waals surface area contributed by atoms with Crippen molar-refractivity contribution in [3.8, 4) is 5.75 Å². The van der Waals surface area contributed by atoms with Gasteiger partial charge in [0.1, 0.15) is 11.8 Å². The van der Waals surface area contributed by atoms with E-state index in [1.54, 1.807) is 7.11 Å². The number of carbonyl (C=O) groups is 1. The van der Waals surface area contributed by atoms with Gasteiger partial charge in [-0.1, -0.05) is 12.1 Å². The van der Waals surface area contributed by atoms with E-state index in [9.17, 15) is 4.79 Å². The number of piperazine rings is 1. The van der Waals surface area contributed by atoms with Crippen LogP contribution in [0.5, 0.6) is 5.75 Å². The van der Waals surface area contributed by atoms with Crippen LogP contribution in [0.15, 0.2) is 24.3 Å². The summed E-state index contributed by atoms with van der Waals surface area (Å²) in [5, 5.41) is 5.99. The summed E-state index contributed by atoms with van der Waals surface area (Å²) in [6.07, 6.45) is 0. The van der Waals surface area contributed by atoms with Crippen molar-refractivity contribution in [2.45, 2.75) is 6.04 Å². The van der Waals surface area contributed by atoms with Gasteiger partial charge in [-0.2, -0.15) is 0 Å². The molecule has 1 saturated heterocycles. The van der Waals surface area contributed by atoms with Crippen LogP contribution in [-0.2, 0) is 4.79 Å². The number of rotatable bonds is 2. The first-order chi connectivity index (χ1) is 7.31. The van der Waals surface area contributed by atoms with Crippen LogP contribution in [0.3, 0.4) is 0 Å². The lowest BCUT2D eigenvalue weighted by Gasteiger charge is -2.23. The van der Waals surface area contributed by atoms with Gasteiger partial charge in [-0.25, -0.2) is 0 Å². The lowest BCUT2D eigenvalue weighted by atomic mass is 10.0. The van der Waals surface area contributed by atoms with Crippen LogP contribution >= 0.6 is 0 Å². The lowest BCUT2D eigenvalue weighted by Crippen LogP contribution is -2.47. The smallest absolute Gasteiger partial charge is 0.241 e. The minimum absolute atomic E-state index is 0.0227. The first-order valence-corrected chi connectivity index (χ1v) is 4.96. The molecular weight excluding hydrogens is 192 g/mol. The van der Waals surface area contributed by atoms with Crippen LogP contribution in [0.1, 0.15) is 11.6 Å². The molecule has 2 N–H and O–H groups in total. The van der Waals surface area contributed by atoms with Gasteiger partial charge in [-0.05, 0) is 17.7 Å². The van der Waals surface area contributed by atoms with Crippen molar-refractivity contribution < 1.29 is 9.53 Å². The summed E-state index contributed by atoms with van der Waals surface area (Å²) >= 11 is 0. The number of hydrogen-bond donors (Lipinski definition) is 2. The van der Waals surface area contributed by atoms with E-state index in [1.165, 1.54) is 0 Å². The van der Waals surface area contributed by atoms with Crippen LogP contribution in [-0.4, -0.2) is 26.1 Å². The van der Waals surface area contributed by atoms with Gasteiger partial charge in [0.05, 0.1) is 7.11 Å². The Bertz CT molecular complexity index is 365. The fourth-order valence-electron chi connectivity index (χ4n) is 1.69. The molecule has 1 aliphatic rings. The third-order valence-electron chi connectivity index (χ3n) is 2.46. The van der Waals surface area contributed by atoms with E-state index in [4.69, 9.17) is 4.74 Å². The highest BCUT2D eigenvalue weighted by Crippen LogP contribution is 2.20. The molecule has 4 nitrogen and oxygen atoms in total. The number of amides is 1. The van der Waals surface area contributed by atoms with E-state index in [2.05, 4.69) is 10.6 Å². The zero-order valence-electron chi connectivity index (χ0n) is 8.62. The normalized spacial score (nSPS) is 20.9. The summed E-state index contributed by atoms with van der Waals surface area (Å²) in [7, 11) is 1.62. The molecule has 0 aromatic heterocycles. The molecule has 0 spiro atoms. The van der Waals surface area contributed by atoms with Gasteiger partial charge in [0, 0.05) is 13.1 Å². The number of benzene rings is 1. The first-order valence-electron chi connectivity index (χ1n) is 4.96. The van der Waals surface area contributed by atoms with Crippen LogP contribution in [0.2, 0.25) is 0 Å². The van der Waals surface area contributed by atoms with E-state index in [0.29, 0.717) is 6.54 Å². The average molecular weight is 206 g/mol. The van der Waals surface area contributed by atoms with Gasteiger partial charge in [0.25, 0.3) is 0 Å². The summed E-state index contributed by atoms with van der Waals surface area (Å²) < 4.78 is 5.12. The van der Waals surface area contributed by atoms with Gasteiger partial charge >= 0.3 is 0 Å². The fraction of sp³-hybridized carbons (Fsp3) is 0.364. The molecule has 0 bridgehead atoms. The molecule has 4 heteroatoms. The van der Waals surface area contributed by atoms with E-state index in [1.807, 2.05) is 24.3 Å². The standard InChI is InChI=1S/C11H14N2O2/c1-15-9-4-2-3-8(7-9)10-11(14)13-6-5-12-10/h2-4,7,10,12H,5-6H2,1H3,(H,13,14)/t10-/m1/s1. The molecule has 1 aromatic rings. The fourth-order valence-corrected chi connectivity index (χ4v) is 1.69. The van der Waals surface area contributed by atoms with Crippen molar-refractivity contribution in [2.24, 2.45) is 0 Å². The Kier molecular flexibility index (Phi) is 2.87. The van der Waals surface area contributed by atoms with Gasteiger partial charge in [-0.15, -0.1) is 0 Å². The van der Waals surface area contributed by atoms with Crippen molar-refractivity contribution >= 4 is 5.91 Å². The summed E-state index contributed by atoms with van der Waals surface area (Å²) in [6.45, 7) is 1.49. The average Bonchev–Trinajstić information content (AvgIpc) is 2.30. The Balaban J connectivity index is 2.23. The second-order valence-corrected chi connectivity index (χ2v) is 3.45. The second-order valence-electron chi connectivity index (χ2n) is 3.45. The highest BCUT2D eigenvalue weighted by Gasteiger charge is 2.23. The predicted molar refractivity (Wildman–Crippen MR) is 56.7 cm³/mol. The van der Waals surface area contributed by atoms with E-state index in [0.717, 1.165) is 17.9 Å². The summed E-state index contributed by atoms with van der Waals surface area (Å²) in [6, 6.07) is 7.30. The molecule has 0 saturated carbocycles. The molecular formula is C11H14N2O2. The predicted octanol–water partition coefficient (Wildman–Crippen LogP) is 0.456. The molecule has 1 heterocycles. The number of methoxy groups -OCH3 is 1. The molecule has 1 aromatic carbocycles. The zero-order chi connectivity index (χ0) is 10.7. The van der Waals surface area contributed by atoms with Crippen molar-refractivity contribution in [3.05, 3.63) is 29.8 Å². The Morgan fingerprint density at radius 3 is 3.00 bits per heavy atom. The van der Waals surface area contributed by atoms with E-state index >= 15 is 0 Å². The molecule has 80 valence electrons. The van der Waals surface area contributed by atoms with Crippen LogP contribution in [0, 0.1) is 0 Å². The molecule has 1 atom stereocenters. The Labute approximate surface area is 88.6 Å². The van der Waals surface area contributed by atoms with Gasteiger partial charge in [-0.3, -0.25) is 4.79 Å². The number of carbonyl (C=O) groups excluding carboxylic acids is 1. The molecule has 1 amide bonds. The molecule has 1 fully saturated rings. The maximum absolute atomic E-state index is 11.6. The number of hydrogen-bond acceptors (Lipinski definition) is 3. The van der Waals surface area contributed by atoms with Gasteiger partial charge in [0.2, 0.25) is 5.91 Å². The molecule has 1 aliphatic heterocycles. The Morgan fingerprint density at radius 2 is 2.27 bits per heavy atom. The minimum atomic E-state index is -0.256. The number of nitrogens with one attached hydrogen (secondary N) is 2.